The van der Waals surface area contributed by atoms with Crippen molar-refractivity contribution in [2.24, 2.45) is 0 Å². The molecule has 0 bridgehead atoms. The monoisotopic (exact) mass is 549 g/mol. The summed E-state index contributed by atoms with van der Waals surface area (Å²) in [5.74, 6) is 1.49. The third kappa shape index (κ3) is 6.55. The molecule has 1 saturated heterocycles. The van der Waals surface area contributed by atoms with E-state index in [1.807, 2.05) is 41.2 Å². The standard InChI is InChI=1S/C27H31N7O3S.CH4/c35-24-4-2-1-3-21(24)31-27-32-22-6-5-19(14-25(22)38-27)37-20-7-8-28-23(13-20)18-15-30-34(16-18)12-11-33-10-9-29-26(36)17-33;/h5-8,13-16,21,24,35H,1-4,9-12,17H2,(H,29,36)(H,31,32);1H4/t21-,24-;/m1./s1. The first-order valence-electron chi connectivity index (χ1n) is 13.1. The molecule has 0 spiro atoms. The van der Waals surface area contributed by atoms with Crippen molar-refractivity contribution in [3.8, 4) is 22.8 Å². The summed E-state index contributed by atoms with van der Waals surface area (Å²) in [5.41, 5.74) is 2.59. The van der Waals surface area contributed by atoms with Crippen molar-refractivity contribution in [3.63, 3.8) is 0 Å². The number of pyridine rings is 1. The molecule has 1 aromatic carbocycles. The average molecular weight is 550 g/mol. The van der Waals surface area contributed by atoms with Crippen LogP contribution >= 0.6 is 11.3 Å². The van der Waals surface area contributed by atoms with Crippen LogP contribution in [0.3, 0.4) is 0 Å². The van der Waals surface area contributed by atoms with Gasteiger partial charge in [-0.1, -0.05) is 31.6 Å². The van der Waals surface area contributed by atoms with Gasteiger partial charge < -0.3 is 20.5 Å². The number of anilines is 1. The van der Waals surface area contributed by atoms with E-state index in [0.29, 0.717) is 25.4 Å². The minimum atomic E-state index is -0.319. The summed E-state index contributed by atoms with van der Waals surface area (Å²) in [7, 11) is 0. The molecule has 1 aliphatic carbocycles. The Bertz CT molecular complexity index is 1420. The van der Waals surface area contributed by atoms with E-state index in [1.165, 1.54) is 0 Å². The van der Waals surface area contributed by atoms with Crippen molar-refractivity contribution in [1.82, 2.24) is 30.0 Å². The number of thiazole rings is 1. The van der Waals surface area contributed by atoms with Crippen LogP contribution in [0.15, 0.2) is 48.9 Å². The van der Waals surface area contributed by atoms with E-state index in [0.717, 1.165) is 71.1 Å². The average Bonchev–Trinajstić information content (AvgIpc) is 3.56. The van der Waals surface area contributed by atoms with Crippen LogP contribution in [0.5, 0.6) is 11.5 Å². The quantitative estimate of drug-likeness (QED) is 0.300. The number of hydrogen-bond donors (Lipinski definition) is 3. The predicted molar refractivity (Wildman–Crippen MR) is 153 cm³/mol. The second kappa shape index (κ2) is 12.1. The fourth-order valence-corrected chi connectivity index (χ4v) is 5.94. The van der Waals surface area contributed by atoms with Crippen LogP contribution < -0.4 is 15.4 Å². The molecule has 0 radical (unpaired) electrons. The fraction of sp³-hybridized carbons (Fsp3) is 0.429. The number of ether oxygens (including phenoxy) is 1. The Hall–Kier alpha value is -3.54. The molecule has 3 aromatic heterocycles. The van der Waals surface area contributed by atoms with E-state index in [2.05, 4.69) is 25.6 Å². The second-order valence-electron chi connectivity index (χ2n) is 9.85. The Kier molecular flexibility index (Phi) is 8.39. The van der Waals surface area contributed by atoms with Crippen molar-refractivity contribution in [2.45, 2.75) is 51.8 Å². The number of carbonyl (C=O) groups is 1. The van der Waals surface area contributed by atoms with Gasteiger partial charge in [-0.05, 0) is 31.0 Å². The molecule has 1 aliphatic heterocycles. The van der Waals surface area contributed by atoms with Crippen LogP contribution in [-0.2, 0) is 11.3 Å². The van der Waals surface area contributed by atoms with Gasteiger partial charge in [0.2, 0.25) is 5.91 Å². The fourth-order valence-electron chi connectivity index (χ4n) is 4.98. The molecule has 1 saturated carbocycles. The molecule has 11 heteroatoms. The topological polar surface area (TPSA) is 117 Å². The lowest BCUT2D eigenvalue weighted by atomic mass is 9.93. The number of amides is 1. The highest BCUT2D eigenvalue weighted by molar-refractivity contribution is 7.22. The third-order valence-corrected chi connectivity index (χ3v) is 8.01. The molecule has 2 aliphatic rings. The molecule has 39 heavy (non-hydrogen) atoms. The smallest absolute Gasteiger partial charge is 0.234 e. The van der Waals surface area contributed by atoms with Crippen LogP contribution in [0.25, 0.3) is 21.5 Å². The number of hydrogen-bond acceptors (Lipinski definition) is 9. The SMILES string of the molecule is C.O=C1CN(CCn2cc(-c3cc(Oc4ccc5nc(N[C@@H]6CCCC[C@H]6O)sc5c4)ccn3)cn2)CCN1. The number of benzene rings is 1. The predicted octanol–water partition coefficient (Wildman–Crippen LogP) is 4.13. The molecule has 1 amide bonds. The molecule has 4 aromatic rings. The minimum Gasteiger partial charge on any atom is -0.457 e. The van der Waals surface area contributed by atoms with Crippen LogP contribution in [0.4, 0.5) is 5.13 Å². The lowest BCUT2D eigenvalue weighted by molar-refractivity contribution is -0.124. The zero-order chi connectivity index (χ0) is 25.9. The van der Waals surface area contributed by atoms with Gasteiger partial charge in [-0.3, -0.25) is 19.4 Å². The van der Waals surface area contributed by atoms with Gasteiger partial charge in [-0.2, -0.15) is 5.10 Å². The van der Waals surface area contributed by atoms with Gasteiger partial charge in [0.05, 0.1) is 47.3 Å². The summed E-state index contributed by atoms with van der Waals surface area (Å²) in [6.45, 7) is 3.45. The molecule has 2 fully saturated rings. The minimum absolute atomic E-state index is 0. The Morgan fingerprint density at radius 2 is 2.03 bits per heavy atom. The van der Waals surface area contributed by atoms with Gasteiger partial charge in [0.25, 0.3) is 0 Å². The first kappa shape index (κ1) is 27.0. The largest absolute Gasteiger partial charge is 0.457 e. The number of nitrogens with one attached hydrogen (secondary N) is 2. The van der Waals surface area contributed by atoms with Gasteiger partial charge in [0.1, 0.15) is 11.5 Å². The zero-order valence-electron chi connectivity index (χ0n) is 21.0. The highest BCUT2D eigenvalue weighted by Gasteiger charge is 2.23. The van der Waals surface area contributed by atoms with Crippen molar-refractivity contribution < 1.29 is 14.6 Å². The number of carbonyl (C=O) groups excluding carboxylic acids is 1. The van der Waals surface area contributed by atoms with Crippen LogP contribution in [0, 0.1) is 0 Å². The van der Waals surface area contributed by atoms with Gasteiger partial charge in [-0.25, -0.2) is 4.98 Å². The molecule has 3 N–H and O–H groups in total. The van der Waals surface area contributed by atoms with Gasteiger partial charge in [0, 0.05) is 49.7 Å². The summed E-state index contributed by atoms with van der Waals surface area (Å²) in [6, 6.07) is 9.68. The molecule has 206 valence electrons. The molecule has 0 unspecified atom stereocenters. The Labute approximate surface area is 232 Å². The summed E-state index contributed by atoms with van der Waals surface area (Å²) in [6.07, 6.45) is 9.20. The maximum absolute atomic E-state index is 11.6. The molecule has 4 heterocycles. The van der Waals surface area contributed by atoms with E-state index >= 15 is 0 Å². The molecular formula is C28H35N7O3S. The molecule has 6 rings (SSSR count). The van der Waals surface area contributed by atoms with E-state index in [1.54, 1.807) is 23.7 Å². The summed E-state index contributed by atoms with van der Waals surface area (Å²) < 4.78 is 9.08. The number of aromatic nitrogens is 4. The van der Waals surface area contributed by atoms with Crippen molar-refractivity contribution in [3.05, 3.63) is 48.9 Å². The van der Waals surface area contributed by atoms with Crippen molar-refractivity contribution >= 4 is 32.6 Å². The van der Waals surface area contributed by atoms with E-state index < -0.39 is 0 Å². The maximum Gasteiger partial charge on any atom is 0.234 e. The lowest BCUT2D eigenvalue weighted by Gasteiger charge is -2.27. The Balaban J connectivity index is 0.00000308. The highest BCUT2D eigenvalue weighted by Crippen LogP contribution is 2.33. The number of nitrogens with zero attached hydrogens (tertiary/aromatic N) is 5. The van der Waals surface area contributed by atoms with E-state index in [-0.39, 0.29) is 25.5 Å². The van der Waals surface area contributed by atoms with Gasteiger partial charge in [-0.15, -0.1) is 0 Å². The zero-order valence-corrected chi connectivity index (χ0v) is 21.9. The summed E-state index contributed by atoms with van der Waals surface area (Å²) >= 11 is 1.57. The van der Waals surface area contributed by atoms with Gasteiger partial charge in [0.15, 0.2) is 5.13 Å². The lowest BCUT2D eigenvalue weighted by Crippen LogP contribution is -2.48. The normalized spacial score (nSPS) is 19.9. The number of aliphatic hydroxyl groups excluding tert-OH is 1. The number of aliphatic hydroxyl groups is 1. The highest BCUT2D eigenvalue weighted by atomic mass is 32.1. The van der Waals surface area contributed by atoms with E-state index in [9.17, 15) is 9.90 Å². The first-order valence-corrected chi connectivity index (χ1v) is 13.9. The molecule has 10 nitrogen and oxygen atoms in total. The number of rotatable bonds is 8. The Morgan fingerprint density at radius 3 is 2.90 bits per heavy atom. The molecular weight excluding hydrogens is 514 g/mol. The van der Waals surface area contributed by atoms with Crippen LogP contribution in [-0.4, -0.2) is 74.0 Å². The maximum atomic E-state index is 11.6. The summed E-state index contributed by atoms with van der Waals surface area (Å²) in [4.78, 5) is 22.9. The van der Waals surface area contributed by atoms with Crippen LogP contribution in [0.2, 0.25) is 0 Å². The molecule has 2 atom stereocenters. The first-order chi connectivity index (χ1) is 18.6. The van der Waals surface area contributed by atoms with Crippen molar-refractivity contribution in [1.29, 1.82) is 0 Å². The second-order valence-corrected chi connectivity index (χ2v) is 10.9. The number of piperazine rings is 1. The Morgan fingerprint density at radius 1 is 1.15 bits per heavy atom. The van der Waals surface area contributed by atoms with Gasteiger partial charge >= 0.3 is 0 Å². The van der Waals surface area contributed by atoms with E-state index in [4.69, 9.17) is 9.72 Å². The number of fused-ring (bicyclic) bond motifs is 1. The third-order valence-electron chi connectivity index (χ3n) is 7.06. The van der Waals surface area contributed by atoms with Crippen molar-refractivity contribution in [2.75, 3.05) is 31.5 Å². The summed E-state index contributed by atoms with van der Waals surface area (Å²) in [5, 5.41) is 21.9. The van der Waals surface area contributed by atoms with Crippen LogP contribution in [0.1, 0.15) is 33.1 Å².